The van der Waals surface area contributed by atoms with Gasteiger partial charge in [-0.15, -0.1) is 0 Å². The summed E-state index contributed by atoms with van der Waals surface area (Å²) in [6.45, 7) is 8.51. The Labute approximate surface area is 113 Å². The molecule has 1 aliphatic rings. The largest absolute Gasteiger partial charge is 0.508 e. The van der Waals surface area contributed by atoms with Gasteiger partial charge in [-0.3, -0.25) is 0 Å². The second kappa shape index (κ2) is 4.44. The normalized spacial score (nSPS) is 19.2. The predicted molar refractivity (Wildman–Crippen MR) is 73.5 cm³/mol. The van der Waals surface area contributed by atoms with Crippen molar-refractivity contribution in [3.8, 4) is 5.75 Å². The van der Waals surface area contributed by atoms with Crippen molar-refractivity contribution in [1.29, 1.82) is 0 Å². The fourth-order valence-corrected chi connectivity index (χ4v) is 3.02. The molecule has 1 aromatic rings. The summed E-state index contributed by atoms with van der Waals surface area (Å²) in [5.41, 5.74) is 2.81. The molecule has 0 fully saturated rings. The Balaban J connectivity index is 2.60. The second-order valence-electron chi connectivity index (χ2n) is 6.27. The lowest BCUT2D eigenvalue weighted by Crippen LogP contribution is -2.44. The van der Waals surface area contributed by atoms with E-state index in [-0.39, 0.29) is 17.2 Å². The zero-order valence-electron chi connectivity index (χ0n) is 11.9. The number of nitrogens with zero attached hydrogens (tertiary/aromatic N) is 1. The highest BCUT2D eigenvalue weighted by atomic mass is 16.4. The molecule has 2 N–H and O–H groups in total. The smallest absolute Gasteiger partial charge is 0.407 e. The van der Waals surface area contributed by atoms with E-state index in [1.165, 1.54) is 4.90 Å². The van der Waals surface area contributed by atoms with Crippen LogP contribution in [0.1, 0.15) is 43.5 Å². The molecule has 4 nitrogen and oxygen atoms in total. The van der Waals surface area contributed by atoms with Gasteiger partial charge in [-0.1, -0.05) is 26.8 Å². The topological polar surface area (TPSA) is 60.8 Å². The van der Waals surface area contributed by atoms with Gasteiger partial charge in [-0.05, 0) is 41.5 Å². The maximum absolute atomic E-state index is 11.4. The van der Waals surface area contributed by atoms with Crippen LogP contribution in [0.3, 0.4) is 0 Å². The summed E-state index contributed by atoms with van der Waals surface area (Å²) in [6.07, 6.45) is -0.217. The highest BCUT2D eigenvalue weighted by Gasteiger charge is 2.39. The van der Waals surface area contributed by atoms with Crippen LogP contribution in [-0.4, -0.2) is 27.8 Å². The van der Waals surface area contributed by atoms with Gasteiger partial charge in [0.15, 0.2) is 0 Å². The fourth-order valence-electron chi connectivity index (χ4n) is 3.02. The molecule has 0 aliphatic carbocycles. The molecular weight excluding hydrogens is 242 g/mol. The molecule has 19 heavy (non-hydrogen) atoms. The van der Waals surface area contributed by atoms with E-state index in [2.05, 4.69) is 0 Å². The van der Waals surface area contributed by atoms with E-state index in [4.69, 9.17) is 0 Å². The molecule has 0 aromatic heterocycles. The summed E-state index contributed by atoms with van der Waals surface area (Å²) in [4.78, 5) is 13.0. The third-order valence-corrected chi connectivity index (χ3v) is 3.88. The molecule has 1 unspecified atom stereocenters. The SMILES string of the molecule is Cc1c(O)ccc2c1CCN(C(=O)O)C2C(C)(C)C. The molecule has 1 atom stereocenters. The standard InChI is InChI=1S/C15H21NO3/c1-9-10-7-8-16(14(18)19)13(15(2,3)4)11(10)5-6-12(9)17/h5-6,13,17H,7-8H2,1-4H3,(H,18,19). The first-order valence-electron chi connectivity index (χ1n) is 6.54. The number of phenolic OH excluding ortho intramolecular Hbond substituents is 1. The van der Waals surface area contributed by atoms with Gasteiger partial charge in [0.1, 0.15) is 5.75 Å². The van der Waals surface area contributed by atoms with Crippen LogP contribution in [0.15, 0.2) is 12.1 Å². The Morgan fingerprint density at radius 1 is 1.37 bits per heavy atom. The van der Waals surface area contributed by atoms with E-state index in [9.17, 15) is 15.0 Å². The van der Waals surface area contributed by atoms with E-state index >= 15 is 0 Å². The number of hydrogen-bond donors (Lipinski definition) is 2. The highest BCUT2D eigenvalue weighted by molar-refractivity contribution is 5.67. The highest BCUT2D eigenvalue weighted by Crippen LogP contribution is 2.44. The lowest BCUT2D eigenvalue weighted by atomic mass is 9.76. The van der Waals surface area contributed by atoms with E-state index in [0.29, 0.717) is 13.0 Å². The van der Waals surface area contributed by atoms with Crippen molar-refractivity contribution in [1.82, 2.24) is 4.90 Å². The Morgan fingerprint density at radius 2 is 2.00 bits per heavy atom. The molecular formula is C15H21NO3. The Hall–Kier alpha value is -1.71. The summed E-state index contributed by atoms with van der Waals surface area (Å²) in [5.74, 6) is 0.287. The van der Waals surface area contributed by atoms with Crippen molar-refractivity contribution in [3.05, 3.63) is 28.8 Å². The second-order valence-corrected chi connectivity index (χ2v) is 6.27. The van der Waals surface area contributed by atoms with Crippen molar-refractivity contribution < 1.29 is 15.0 Å². The Kier molecular flexibility index (Phi) is 3.20. The summed E-state index contributed by atoms with van der Waals surface area (Å²) < 4.78 is 0. The number of benzene rings is 1. The molecule has 4 heteroatoms. The number of aromatic hydroxyl groups is 1. The minimum atomic E-state index is -0.878. The van der Waals surface area contributed by atoms with Crippen LogP contribution >= 0.6 is 0 Å². The van der Waals surface area contributed by atoms with E-state index in [1.54, 1.807) is 6.07 Å². The third kappa shape index (κ3) is 2.27. The number of amides is 1. The van der Waals surface area contributed by atoms with Crippen LogP contribution in [-0.2, 0) is 6.42 Å². The lowest BCUT2D eigenvalue weighted by molar-refractivity contribution is 0.0757. The molecule has 0 saturated heterocycles. The summed E-state index contributed by atoms with van der Waals surface area (Å²) >= 11 is 0. The molecule has 2 rings (SSSR count). The van der Waals surface area contributed by atoms with Gasteiger partial charge in [-0.25, -0.2) is 4.79 Å². The van der Waals surface area contributed by atoms with Crippen LogP contribution in [0.25, 0.3) is 0 Å². The summed E-state index contributed by atoms with van der Waals surface area (Å²) in [7, 11) is 0. The van der Waals surface area contributed by atoms with Gasteiger partial charge < -0.3 is 15.1 Å². The number of phenols is 1. The quantitative estimate of drug-likeness (QED) is 0.754. The van der Waals surface area contributed by atoms with Crippen LogP contribution in [0, 0.1) is 12.3 Å². The molecule has 1 heterocycles. The van der Waals surface area contributed by atoms with Gasteiger partial charge >= 0.3 is 6.09 Å². The minimum absolute atomic E-state index is 0.173. The monoisotopic (exact) mass is 263 g/mol. The number of carboxylic acid groups (broad SMARTS) is 1. The Bertz CT molecular complexity index is 517. The molecule has 1 aromatic carbocycles. The van der Waals surface area contributed by atoms with Gasteiger partial charge in [0.05, 0.1) is 6.04 Å². The molecule has 0 spiro atoms. The molecule has 0 radical (unpaired) electrons. The maximum atomic E-state index is 11.4. The first-order valence-corrected chi connectivity index (χ1v) is 6.54. The van der Waals surface area contributed by atoms with Crippen molar-refractivity contribution in [3.63, 3.8) is 0 Å². The Morgan fingerprint density at radius 3 is 2.53 bits per heavy atom. The van der Waals surface area contributed by atoms with Crippen molar-refractivity contribution in [2.24, 2.45) is 5.41 Å². The summed E-state index contributed by atoms with van der Waals surface area (Å²) in [6, 6.07) is 3.36. The molecule has 0 saturated carbocycles. The van der Waals surface area contributed by atoms with Crippen molar-refractivity contribution in [2.75, 3.05) is 6.54 Å². The van der Waals surface area contributed by atoms with Gasteiger partial charge in [0.2, 0.25) is 0 Å². The first kappa shape index (κ1) is 13.7. The first-order chi connectivity index (χ1) is 8.73. The zero-order valence-corrected chi connectivity index (χ0v) is 11.9. The minimum Gasteiger partial charge on any atom is -0.508 e. The predicted octanol–water partition coefficient (Wildman–Crippen LogP) is 3.32. The van der Waals surface area contributed by atoms with E-state index in [0.717, 1.165) is 16.7 Å². The molecule has 1 amide bonds. The fraction of sp³-hybridized carbons (Fsp3) is 0.533. The number of fused-ring (bicyclic) bond motifs is 1. The van der Waals surface area contributed by atoms with Crippen LogP contribution in [0.2, 0.25) is 0 Å². The van der Waals surface area contributed by atoms with Crippen molar-refractivity contribution in [2.45, 2.75) is 40.2 Å². The van der Waals surface area contributed by atoms with Crippen molar-refractivity contribution >= 4 is 6.09 Å². The van der Waals surface area contributed by atoms with E-state index in [1.807, 2.05) is 33.8 Å². The molecule has 104 valence electrons. The van der Waals surface area contributed by atoms with Crippen LogP contribution < -0.4 is 0 Å². The van der Waals surface area contributed by atoms with E-state index < -0.39 is 6.09 Å². The number of carbonyl (C=O) groups is 1. The van der Waals surface area contributed by atoms with Gasteiger partial charge in [0.25, 0.3) is 0 Å². The maximum Gasteiger partial charge on any atom is 0.407 e. The van der Waals surface area contributed by atoms with Gasteiger partial charge in [0, 0.05) is 6.54 Å². The number of rotatable bonds is 0. The zero-order chi connectivity index (χ0) is 14.4. The van der Waals surface area contributed by atoms with Crippen LogP contribution in [0.5, 0.6) is 5.75 Å². The summed E-state index contributed by atoms with van der Waals surface area (Å²) in [5, 5.41) is 19.2. The number of hydrogen-bond acceptors (Lipinski definition) is 2. The van der Waals surface area contributed by atoms with Gasteiger partial charge in [-0.2, -0.15) is 0 Å². The van der Waals surface area contributed by atoms with Crippen LogP contribution in [0.4, 0.5) is 4.79 Å². The lowest BCUT2D eigenvalue weighted by Gasteiger charge is -2.43. The third-order valence-electron chi connectivity index (χ3n) is 3.88. The average Bonchev–Trinajstić information content (AvgIpc) is 2.31. The average molecular weight is 263 g/mol. The molecule has 1 aliphatic heterocycles. The molecule has 0 bridgehead atoms.